The van der Waals surface area contributed by atoms with Crippen LogP contribution in [0.1, 0.15) is 27.2 Å². The second kappa shape index (κ2) is 12.0. The SMILES string of the molecule is CC.CCCOC1C(N(C=O)/C=C\C(=O)NC)OC(CO)[C@H]1O. The molecule has 1 aliphatic rings. The smallest absolute Gasteiger partial charge is 0.245 e. The fourth-order valence-electron chi connectivity index (χ4n) is 1.96. The summed E-state index contributed by atoms with van der Waals surface area (Å²) in [5.41, 5.74) is 0. The van der Waals surface area contributed by atoms with Crippen LogP contribution in [0.2, 0.25) is 0 Å². The first kappa shape index (κ1) is 21.5. The molecule has 1 heterocycles. The van der Waals surface area contributed by atoms with E-state index in [1.165, 1.54) is 13.2 Å². The maximum absolute atomic E-state index is 11.2. The van der Waals surface area contributed by atoms with Crippen LogP contribution < -0.4 is 5.32 Å². The first-order valence-corrected chi connectivity index (χ1v) is 7.77. The van der Waals surface area contributed by atoms with Crippen molar-refractivity contribution in [1.29, 1.82) is 0 Å². The van der Waals surface area contributed by atoms with Gasteiger partial charge in [-0.25, -0.2) is 0 Å². The Morgan fingerprint density at radius 1 is 1.43 bits per heavy atom. The van der Waals surface area contributed by atoms with Gasteiger partial charge >= 0.3 is 0 Å². The fourth-order valence-corrected chi connectivity index (χ4v) is 1.96. The minimum absolute atomic E-state index is 0.381. The van der Waals surface area contributed by atoms with Gasteiger partial charge in [-0.3, -0.25) is 14.5 Å². The van der Waals surface area contributed by atoms with Gasteiger partial charge in [0.25, 0.3) is 0 Å². The first-order chi connectivity index (χ1) is 11.1. The molecule has 0 radical (unpaired) electrons. The van der Waals surface area contributed by atoms with Gasteiger partial charge < -0.3 is 25.0 Å². The summed E-state index contributed by atoms with van der Waals surface area (Å²) >= 11 is 0. The van der Waals surface area contributed by atoms with Gasteiger partial charge in [-0.1, -0.05) is 20.8 Å². The molecule has 2 amide bonds. The van der Waals surface area contributed by atoms with Crippen molar-refractivity contribution in [2.24, 2.45) is 0 Å². The molecule has 134 valence electrons. The molecule has 8 nitrogen and oxygen atoms in total. The summed E-state index contributed by atoms with van der Waals surface area (Å²) in [5.74, 6) is -0.384. The predicted molar refractivity (Wildman–Crippen MR) is 84.2 cm³/mol. The van der Waals surface area contributed by atoms with Crippen molar-refractivity contribution in [2.75, 3.05) is 20.3 Å². The summed E-state index contributed by atoms with van der Waals surface area (Å²) in [5, 5.41) is 21.6. The Balaban J connectivity index is 0.00000232. The van der Waals surface area contributed by atoms with Gasteiger partial charge in [0.05, 0.1) is 6.61 Å². The highest BCUT2D eigenvalue weighted by molar-refractivity contribution is 5.87. The zero-order valence-electron chi connectivity index (χ0n) is 14.1. The number of carbonyl (C=O) groups is 2. The summed E-state index contributed by atoms with van der Waals surface area (Å²) in [7, 11) is 1.46. The molecule has 0 bridgehead atoms. The molecule has 23 heavy (non-hydrogen) atoms. The van der Waals surface area contributed by atoms with E-state index >= 15 is 0 Å². The molecule has 0 spiro atoms. The molecule has 3 unspecified atom stereocenters. The van der Waals surface area contributed by atoms with E-state index < -0.39 is 31.1 Å². The number of carbonyl (C=O) groups excluding carboxylic acids is 2. The second-order valence-electron chi connectivity index (χ2n) is 4.56. The van der Waals surface area contributed by atoms with Crippen LogP contribution in [0.3, 0.4) is 0 Å². The van der Waals surface area contributed by atoms with Gasteiger partial charge in [-0.05, 0) is 6.42 Å². The van der Waals surface area contributed by atoms with Crippen molar-refractivity contribution >= 4 is 12.3 Å². The maximum Gasteiger partial charge on any atom is 0.245 e. The maximum atomic E-state index is 11.2. The Morgan fingerprint density at radius 3 is 2.57 bits per heavy atom. The lowest BCUT2D eigenvalue weighted by Gasteiger charge is -2.26. The van der Waals surface area contributed by atoms with Crippen molar-refractivity contribution in [3.05, 3.63) is 12.3 Å². The van der Waals surface area contributed by atoms with E-state index in [1.807, 2.05) is 20.8 Å². The van der Waals surface area contributed by atoms with E-state index in [2.05, 4.69) is 5.32 Å². The number of rotatable bonds is 8. The monoisotopic (exact) mass is 332 g/mol. The van der Waals surface area contributed by atoms with Crippen molar-refractivity contribution in [3.63, 3.8) is 0 Å². The molecule has 3 N–H and O–H groups in total. The molecule has 4 atom stereocenters. The van der Waals surface area contributed by atoms with Crippen LogP contribution in [0.15, 0.2) is 12.3 Å². The van der Waals surface area contributed by atoms with Crippen LogP contribution in [0.4, 0.5) is 0 Å². The average Bonchev–Trinajstić information content (AvgIpc) is 2.91. The van der Waals surface area contributed by atoms with Gasteiger partial charge in [0.15, 0.2) is 6.23 Å². The van der Waals surface area contributed by atoms with E-state index in [9.17, 15) is 19.8 Å². The summed E-state index contributed by atoms with van der Waals surface area (Å²) in [6.45, 7) is 5.89. The molecule has 0 aliphatic carbocycles. The normalized spacial score (nSPS) is 26.5. The Labute approximate surface area is 137 Å². The Kier molecular flexibility index (Phi) is 11.2. The van der Waals surface area contributed by atoms with Gasteiger partial charge in [-0.15, -0.1) is 0 Å². The third-order valence-corrected chi connectivity index (χ3v) is 3.07. The molecule has 0 aromatic carbocycles. The number of aliphatic hydroxyl groups excluding tert-OH is 2. The molecule has 1 fully saturated rings. The lowest BCUT2D eigenvalue weighted by atomic mass is 10.1. The van der Waals surface area contributed by atoms with Crippen LogP contribution in [0, 0.1) is 0 Å². The number of ether oxygens (including phenoxy) is 2. The number of nitrogens with zero attached hydrogens (tertiary/aromatic N) is 1. The Morgan fingerprint density at radius 2 is 2.09 bits per heavy atom. The summed E-state index contributed by atoms with van der Waals surface area (Å²) in [6.07, 6.45) is 0.0191. The molecular weight excluding hydrogens is 304 g/mol. The predicted octanol–water partition coefficient (Wildman–Crippen LogP) is -0.396. The highest BCUT2D eigenvalue weighted by Crippen LogP contribution is 2.26. The third kappa shape index (κ3) is 6.26. The number of nitrogens with one attached hydrogen (secondary N) is 1. The van der Waals surface area contributed by atoms with Crippen LogP contribution in [0.25, 0.3) is 0 Å². The summed E-state index contributed by atoms with van der Waals surface area (Å²) < 4.78 is 10.9. The van der Waals surface area contributed by atoms with Crippen molar-refractivity contribution < 1.29 is 29.3 Å². The lowest BCUT2D eigenvalue weighted by molar-refractivity contribution is -0.136. The minimum Gasteiger partial charge on any atom is -0.394 e. The lowest BCUT2D eigenvalue weighted by Crippen LogP contribution is -2.43. The number of hydrogen-bond acceptors (Lipinski definition) is 6. The second-order valence-corrected chi connectivity index (χ2v) is 4.56. The largest absolute Gasteiger partial charge is 0.394 e. The number of likely N-dealkylation sites (N-methyl/N-ethyl adjacent to an activating group) is 1. The van der Waals surface area contributed by atoms with E-state index in [4.69, 9.17) is 9.47 Å². The van der Waals surface area contributed by atoms with Crippen LogP contribution in [-0.2, 0) is 19.1 Å². The molecule has 0 saturated carbocycles. The first-order valence-electron chi connectivity index (χ1n) is 7.77. The highest BCUT2D eigenvalue weighted by atomic mass is 16.6. The summed E-state index contributed by atoms with van der Waals surface area (Å²) in [6, 6.07) is 0. The van der Waals surface area contributed by atoms with E-state index in [1.54, 1.807) is 0 Å². The standard InChI is InChI=1S/C13H22N2O6.C2H6/c1-3-6-20-12-11(19)9(7-16)21-13(12)15(8-17)5-4-10(18)14-2;1-2/h4-5,8-9,11-13,16,19H,3,6-7H2,1-2H3,(H,14,18);1-2H3/b5-4-;/t9?,11-,12?,13?;/m1./s1. The topological polar surface area (TPSA) is 108 Å². The Hall–Kier alpha value is -1.48. The van der Waals surface area contributed by atoms with Gasteiger partial charge in [0, 0.05) is 25.9 Å². The number of hydrogen-bond donors (Lipinski definition) is 3. The zero-order valence-corrected chi connectivity index (χ0v) is 14.1. The number of aliphatic hydroxyl groups is 2. The number of amides is 2. The zero-order chi connectivity index (χ0) is 17.8. The van der Waals surface area contributed by atoms with Crippen molar-refractivity contribution in [3.8, 4) is 0 Å². The van der Waals surface area contributed by atoms with Gasteiger partial charge in [0.2, 0.25) is 12.3 Å². The molecular formula is C15H28N2O6. The van der Waals surface area contributed by atoms with Crippen LogP contribution >= 0.6 is 0 Å². The molecule has 0 aromatic rings. The highest BCUT2D eigenvalue weighted by Gasteiger charge is 2.46. The fraction of sp³-hybridized carbons (Fsp3) is 0.733. The molecule has 0 aromatic heterocycles. The minimum atomic E-state index is -1.05. The van der Waals surface area contributed by atoms with E-state index in [0.717, 1.165) is 17.4 Å². The Bertz CT molecular complexity index is 377. The molecule has 8 heteroatoms. The molecule has 1 rings (SSSR count). The van der Waals surface area contributed by atoms with E-state index in [-0.39, 0.29) is 5.91 Å². The average molecular weight is 332 g/mol. The quantitative estimate of drug-likeness (QED) is 0.412. The van der Waals surface area contributed by atoms with Gasteiger partial charge in [-0.2, -0.15) is 0 Å². The van der Waals surface area contributed by atoms with Crippen molar-refractivity contribution in [2.45, 2.75) is 51.7 Å². The molecule has 1 aliphatic heterocycles. The van der Waals surface area contributed by atoms with Crippen molar-refractivity contribution in [1.82, 2.24) is 10.2 Å². The van der Waals surface area contributed by atoms with Crippen LogP contribution in [-0.4, -0.2) is 72.2 Å². The van der Waals surface area contributed by atoms with Crippen LogP contribution in [0.5, 0.6) is 0 Å². The summed E-state index contributed by atoms with van der Waals surface area (Å²) in [4.78, 5) is 23.5. The van der Waals surface area contributed by atoms with Gasteiger partial charge in [0.1, 0.15) is 18.3 Å². The molecule has 1 saturated heterocycles. The third-order valence-electron chi connectivity index (χ3n) is 3.07. The van der Waals surface area contributed by atoms with E-state index in [0.29, 0.717) is 13.0 Å².